The van der Waals surface area contributed by atoms with Crippen LogP contribution in [0.4, 0.5) is 0 Å². The van der Waals surface area contributed by atoms with Gasteiger partial charge in [-0.2, -0.15) is 0 Å². The van der Waals surface area contributed by atoms with E-state index in [1.807, 2.05) is 61.7 Å². The molecule has 1 aliphatic heterocycles. The number of nitrogens with one attached hydrogen (secondary N) is 2. The lowest BCUT2D eigenvalue weighted by atomic mass is 9.99. The minimum absolute atomic E-state index is 0.289. The van der Waals surface area contributed by atoms with Gasteiger partial charge in [-0.25, -0.2) is 0 Å². The van der Waals surface area contributed by atoms with Gasteiger partial charge in [0.15, 0.2) is 6.04 Å². The highest BCUT2D eigenvalue weighted by molar-refractivity contribution is 5.98. The summed E-state index contributed by atoms with van der Waals surface area (Å²) >= 11 is 0. The Morgan fingerprint density at radius 2 is 1.55 bits per heavy atom. The van der Waals surface area contributed by atoms with E-state index < -0.39 is 12.1 Å². The van der Waals surface area contributed by atoms with Crippen molar-refractivity contribution in [2.45, 2.75) is 19.0 Å². The van der Waals surface area contributed by atoms with Crippen molar-refractivity contribution < 1.29 is 23.7 Å². The molecule has 0 bridgehead atoms. The number of nitrogens with zero attached hydrogens (tertiary/aromatic N) is 1. The Balaban J connectivity index is 1.69. The topological polar surface area (TPSA) is 79.7 Å². The molecule has 0 aliphatic carbocycles. The first-order chi connectivity index (χ1) is 16.0. The van der Waals surface area contributed by atoms with Gasteiger partial charge in [-0.15, -0.1) is 10.1 Å². The Morgan fingerprint density at radius 3 is 2.15 bits per heavy atom. The van der Waals surface area contributed by atoms with Gasteiger partial charge in [0, 0.05) is 16.7 Å². The van der Waals surface area contributed by atoms with Crippen LogP contribution in [0.15, 0.2) is 72.8 Å². The molecule has 168 valence electrons. The highest BCUT2D eigenvalue weighted by Gasteiger charge is 2.47. The molecule has 3 aromatic carbocycles. The van der Waals surface area contributed by atoms with E-state index in [1.54, 1.807) is 43.2 Å². The fraction of sp³-hybridized carbons (Fsp3) is 0.192. The van der Waals surface area contributed by atoms with Crippen LogP contribution in [0.5, 0.6) is 11.5 Å². The fourth-order valence-corrected chi connectivity index (χ4v) is 3.83. The minimum atomic E-state index is -0.798. The van der Waals surface area contributed by atoms with E-state index in [-0.39, 0.29) is 11.8 Å². The normalized spacial score (nSPS) is 18.6. The number of carbonyl (C=O) groups excluding carboxylic acids is 2. The fourth-order valence-electron chi connectivity index (χ4n) is 3.83. The van der Waals surface area contributed by atoms with Crippen molar-refractivity contribution in [1.29, 1.82) is 0 Å². The first-order valence-corrected chi connectivity index (χ1v) is 10.6. The summed E-state index contributed by atoms with van der Waals surface area (Å²) in [5, 5.41) is 2.91. The molecule has 0 radical (unpaired) electrons. The van der Waals surface area contributed by atoms with Crippen LogP contribution < -0.4 is 20.2 Å². The molecule has 0 aromatic heterocycles. The highest BCUT2D eigenvalue weighted by Crippen LogP contribution is 2.27. The number of amides is 2. The van der Waals surface area contributed by atoms with Crippen LogP contribution in [0.3, 0.4) is 0 Å². The van der Waals surface area contributed by atoms with Gasteiger partial charge in [-0.1, -0.05) is 18.2 Å². The van der Waals surface area contributed by atoms with Gasteiger partial charge in [0.05, 0.1) is 14.2 Å². The van der Waals surface area contributed by atoms with Gasteiger partial charge < -0.3 is 14.8 Å². The number of hydrazone groups is 1. The van der Waals surface area contributed by atoms with Crippen molar-refractivity contribution in [2.24, 2.45) is 0 Å². The second-order valence-corrected chi connectivity index (χ2v) is 7.77. The average Bonchev–Trinajstić information content (AvgIpc) is 3.14. The van der Waals surface area contributed by atoms with Crippen LogP contribution in [0.25, 0.3) is 0 Å². The summed E-state index contributed by atoms with van der Waals surface area (Å²) in [7, 11) is 3.17. The number of methoxy groups -OCH3 is 2. The summed E-state index contributed by atoms with van der Waals surface area (Å²) in [5.41, 5.74) is 6.25. The number of hydrogen-bond donors (Lipinski definition) is 2. The quantitative estimate of drug-likeness (QED) is 0.573. The number of ether oxygens (including phenoxy) is 2. The molecule has 0 saturated carbocycles. The molecule has 2 N–H and O–H groups in total. The van der Waals surface area contributed by atoms with Gasteiger partial charge in [0.1, 0.15) is 11.5 Å². The van der Waals surface area contributed by atoms with Crippen molar-refractivity contribution in [3.63, 3.8) is 0 Å². The first-order valence-electron chi connectivity index (χ1n) is 10.6. The summed E-state index contributed by atoms with van der Waals surface area (Å²) < 4.78 is 12.2. The second-order valence-electron chi connectivity index (χ2n) is 7.77. The summed E-state index contributed by atoms with van der Waals surface area (Å²) in [4.78, 5) is 26.0. The summed E-state index contributed by atoms with van der Waals surface area (Å²) in [6, 6.07) is 20.9. The van der Waals surface area contributed by atoms with Gasteiger partial charge >= 0.3 is 5.91 Å². The van der Waals surface area contributed by atoms with E-state index in [2.05, 4.69) is 10.7 Å². The lowest BCUT2D eigenvalue weighted by Crippen LogP contribution is -2.42. The standard InChI is InChI=1S/C26H25N3O4/c1-17-6-4-5-7-20(17)16-29-24(18-8-12-21(32-2)13-9-18)23(26(31)28-29)27-25(30)19-10-14-22(33-3)15-11-19/h4-16,23-24H,1-3H3,(H-,27,28,30,31)/p+1/b29-16-/t23-,24-/m0/s1. The van der Waals surface area contributed by atoms with Crippen molar-refractivity contribution in [2.75, 3.05) is 14.2 Å². The van der Waals surface area contributed by atoms with Crippen LogP contribution >= 0.6 is 0 Å². The summed E-state index contributed by atoms with van der Waals surface area (Å²) in [5.74, 6) is 0.737. The number of benzene rings is 3. The van der Waals surface area contributed by atoms with Gasteiger partial charge in [0.25, 0.3) is 5.91 Å². The third kappa shape index (κ3) is 4.72. The molecule has 1 aliphatic rings. The lowest BCUT2D eigenvalue weighted by molar-refractivity contribution is -0.596. The smallest absolute Gasteiger partial charge is 0.304 e. The lowest BCUT2D eigenvalue weighted by Gasteiger charge is -2.15. The Morgan fingerprint density at radius 1 is 0.939 bits per heavy atom. The van der Waals surface area contributed by atoms with E-state index in [0.29, 0.717) is 17.1 Å². The Labute approximate surface area is 192 Å². The Hall–Kier alpha value is -4.13. The molecule has 2 amide bonds. The van der Waals surface area contributed by atoms with Crippen LogP contribution in [0.1, 0.15) is 33.1 Å². The second kappa shape index (κ2) is 9.56. The zero-order valence-corrected chi connectivity index (χ0v) is 18.7. The predicted molar refractivity (Wildman–Crippen MR) is 125 cm³/mol. The largest absolute Gasteiger partial charge is 0.497 e. The number of rotatable bonds is 6. The molecule has 1 heterocycles. The SMILES string of the molecule is COc1ccc(C(=O)N[C@@H]2C(=O)N/[N+](=C\c3ccccc3C)[C@H]2c2ccc(OC)cc2)cc1. The van der Waals surface area contributed by atoms with Gasteiger partial charge in [-0.3, -0.25) is 9.59 Å². The molecule has 33 heavy (non-hydrogen) atoms. The zero-order chi connectivity index (χ0) is 23.4. The molecule has 7 heteroatoms. The minimum Gasteiger partial charge on any atom is -0.497 e. The Kier molecular flexibility index (Phi) is 6.40. The Bertz CT molecular complexity index is 1190. The summed E-state index contributed by atoms with van der Waals surface area (Å²) in [6.45, 7) is 2.01. The number of hydrogen-bond acceptors (Lipinski definition) is 4. The molecule has 1 fully saturated rings. The molecule has 0 unspecified atom stereocenters. The molecular formula is C26H26N3O4+. The summed E-state index contributed by atoms with van der Waals surface area (Å²) in [6.07, 6.45) is 1.89. The van der Waals surface area contributed by atoms with Crippen LogP contribution in [0, 0.1) is 6.92 Å². The van der Waals surface area contributed by atoms with Crippen molar-refractivity contribution >= 4 is 18.0 Å². The van der Waals surface area contributed by atoms with E-state index >= 15 is 0 Å². The third-order valence-corrected chi connectivity index (χ3v) is 5.70. The van der Waals surface area contributed by atoms with Crippen LogP contribution in [0.2, 0.25) is 0 Å². The van der Waals surface area contributed by atoms with Crippen molar-refractivity contribution in [1.82, 2.24) is 10.7 Å². The van der Waals surface area contributed by atoms with Crippen LogP contribution in [-0.2, 0) is 4.79 Å². The van der Waals surface area contributed by atoms with E-state index in [4.69, 9.17) is 9.47 Å². The number of carbonyl (C=O) groups is 2. The maximum atomic E-state index is 13.0. The predicted octanol–water partition coefficient (Wildman–Crippen LogP) is 3.03. The molecule has 1 saturated heterocycles. The third-order valence-electron chi connectivity index (χ3n) is 5.70. The van der Waals surface area contributed by atoms with E-state index in [0.717, 1.165) is 16.7 Å². The molecule has 7 nitrogen and oxygen atoms in total. The first kappa shape index (κ1) is 22.1. The molecular weight excluding hydrogens is 418 g/mol. The van der Waals surface area contributed by atoms with Crippen LogP contribution in [-0.4, -0.2) is 43.0 Å². The van der Waals surface area contributed by atoms with Gasteiger partial charge in [0.2, 0.25) is 12.3 Å². The average molecular weight is 445 g/mol. The van der Waals surface area contributed by atoms with E-state index in [9.17, 15) is 9.59 Å². The molecule has 3 aromatic rings. The monoisotopic (exact) mass is 444 g/mol. The highest BCUT2D eigenvalue weighted by atomic mass is 16.5. The maximum absolute atomic E-state index is 13.0. The maximum Gasteiger partial charge on any atom is 0.304 e. The number of hydrazine groups is 1. The van der Waals surface area contributed by atoms with Crippen molar-refractivity contribution in [3.05, 3.63) is 95.1 Å². The van der Waals surface area contributed by atoms with Gasteiger partial charge in [-0.05, 0) is 67.1 Å². The van der Waals surface area contributed by atoms with E-state index in [1.165, 1.54) is 0 Å². The number of aryl methyl sites for hydroxylation is 1. The molecule has 2 atom stereocenters. The molecule has 4 rings (SSSR count). The molecule has 0 spiro atoms. The zero-order valence-electron chi connectivity index (χ0n) is 18.7. The van der Waals surface area contributed by atoms with Crippen molar-refractivity contribution in [3.8, 4) is 11.5 Å².